The van der Waals surface area contributed by atoms with Crippen molar-refractivity contribution >= 4 is 11.6 Å². The summed E-state index contributed by atoms with van der Waals surface area (Å²) in [5.74, 6) is -0.179. The minimum Gasteiger partial charge on any atom is -0.395 e. The fourth-order valence-corrected chi connectivity index (χ4v) is 1.31. The summed E-state index contributed by atoms with van der Waals surface area (Å²) >= 11 is 0. The molecule has 1 rings (SSSR count). The molecule has 2 N–H and O–H groups in total. The zero-order chi connectivity index (χ0) is 12.0. The molecule has 1 heterocycles. The standard InChI is InChI=1S/C11H17N3O2/c1-3-12-11(16)10-8-9(4-5-13-10)14(2)6-7-15/h4-5,8,15H,3,6-7H2,1-2H3,(H,12,16). The average molecular weight is 223 g/mol. The van der Waals surface area contributed by atoms with Crippen LogP contribution in [-0.2, 0) is 0 Å². The van der Waals surface area contributed by atoms with Crippen LogP contribution in [0, 0.1) is 0 Å². The SMILES string of the molecule is CCNC(=O)c1cc(N(C)CCO)ccn1. The maximum atomic E-state index is 11.5. The van der Waals surface area contributed by atoms with Gasteiger partial charge in [0.2, 0.25) is 0 Å². The van der Waals surface area contributed by atoms with Crippen LogP contribution in [0.5, 0.6) is 0 Å². The molecule has 0 saturated heterocycles. The van der Waals surface area contributed by atoms with Crippen molar-refractivity contribution in [1.82, 2.24) is 10.3 Å². The normalized spacial score (nSPS) is 9.94. The van der Waals surface area contributed by atoms with Crippen molar-refractivity contribution in [1.29, 1.82) is 0 Å². The fraction of sp³-hybridized carbons (Fsp3) is 0.455. The monoisotopic (exact) mass is 223 g/mol. The highest BCUT2D eigenvalue weighted by Gasteiger charge is 2.08. The lowest BCUT2D eigenvalue weighted by Crippen LogP contribution is -2.25. The lowest BCUT2D eigenvalue weighted by Gasteiger charge is -2.18. The minimum absolute atomic E-state index is 0.0787. The molecule has 0 aromatic carbocycles. The Hall–Kier alpha value is -1.62. The Kier molecular flexibility index (Phi) is 4.72. The van der Waals surface area contributed by atoms with Crippen molar-refractivity contribution < 1.29 is 9.90 Å². The third-order valence-electron chi connectivity index (χ3n) is 2.19. The number of amides is 1. The van der Waals surface area contributed by atoms with Crippen LogP contribution in [0.25, 0.3) is 0 Å². The summed E-state index contributed by atoms with van der Waals surface area (Å²) in [5, 5.41) is 11.5. The minimum atomic E-state index is -0.179. The molecule has 0 aliphatic rings. The number of nitrogens with one attached hydrogen (secondary N) is 1. The van der Waals surface area contributed by atoms with Crippen LogP contribution in [-0.4, -0.2) is 42.7 Å². The van der Waals surface area contributed by atoms with Crippen LogP contribution < -0.4 is 10.2 Å². The van der Waals surface area contributed by atoms with Gasteiger partial charge in [-0.3, -0.25) is 9.78 Å². The third kappa shape index (κ3) is 3.20. The van der Waals surface area contributed by atoms with E-state index in [1.807, 2.05) is 18.9 Å². The fourth-order valence-electron chi connectivity index (χ4n) is 1.31. The Morgan fingerprint density at radius 3 is 3.00 bits per heavy atom. The highest BCUT2D eigenvalue weighted by atomic mass is 16.3. The molecule has 0 unspecified atom stereocenters. The van der Waals surface area contributed by atoms with Crippen molar-refractivity contribution in [2.45, 2.75) is 6.92 Å². The molecule has 5 heteroatoms. The molecular formula is C11H17N3O2. The molecule has 0 atom stereocenters. The second kappa shape index (κ2) is 6.07. The first-order valence-electron chi connectivity index (χ1n) is 5.25. The molecule has 5 nitrogen and oxygen atoms in total. The zero-order valence-corrected chi connectivity index (χ0v) is 9.60. The number of nitrogens with zero attached hydrogens (tertiary/aromatic N) is 2. The second-order valence-corrected chi connectivity index (χ2v) is 3.40. The maximum Gasteiger partial charge on any atom is 0.269 e. The predicted octanol–water partition coefficient (Wildman–Crippen LogP) is 0.260. The van der Waals surface area contributed by atoms with Gasteiger partial charge in [-0.1, -0.05) is 0 Å². The van der Waals surface area contributed by atoms with Crippen molar-refractivity contribution in [2.24, 2.45) is 0 Å². The van der Waals surface area contributed by atoms with Gasteiger partial charge < -0.3 is 15.3 Å². The number of aliphatic hydroxyl groups is 1. The smallest absolute Gasteiger partial charge is 0.269 e. The van der Waals surface area contributed by atoms with Crippen LogP contribution in [0.3, 0.4) is 0 Å². The van der Waals surface area contributed by atoms with Gasteiger partial charge in [-0.15, -0.1) is 0 Å². The number of hydrogen-bond donors (Lipinski definition) is 2. The van der Waals surface area contributed by atoms with Gasteiger partial charge >= 0.3 is 0 Å². The topological polar surface area (TPSA) is 65.5 Å². The molecule has 0 radical (unpaired) electrons. The van der Waals surface area contributed by atoms with Gasteiger partial charge in [0.25, 0.3) is 5.91 Å². The van der Waals surface area contributed by atoms with Gasteiger partial charge in [0.05, 0.1) is 6.61 Å². The Balaban J connectivity index is 2.82. The van der Waals surface area contributed by atoms with E-state index in [1.54, 1.807) is 18.3 Å². The van der Waals surface area contributed by atoms with E-state index in [2.05, 4.69) is 10.3 Å². The Bertz CT molecular complexity index is 355. The molecule has 1 aromatic heterocycles. The van der Waals surface area contributed by atoms with Crippen molar-refractivity contribution in [3.05, 3.63) is 24.0 Å². The summed E-state index contributed by atoms with van der Waals surface area (Å²) in [7, 11) is 1.85. The number of pyridine rings is 1. The quantitative estimate of drug-likeness (QED) is 0.751. The molecule has 0 saturated carbocycles. The Morgan fingerprint density at radius 1 is 1.62 bits per heavy atom. The van der Waals surface area contributed by atoms with E-state index < -0.39 is 0 Å². The van der Waals surface area contributed by atoms with Crippen molar-refractivity contribution in [2.75, 3.05) is 31.6 Å². The van der Waals surface area contributed by atoms with E-state index in [4.69, 9.17) is 5.11 Å². The van der Waals surface area contributed by atoms with Crippen LogP contribution in [0.2, 0.25) is 0 Å². The number of hydrogen-bond acceptors (Lipinski definition) is 4. The van der Waals surface area contributed by atoms with Gasteiger partial charge in [0.15, 0.2) is 0 Å². The van der Waals surface area contributed by atoms with Crippen LogP contribution in [0.4, 0.5) is 5.69 Å². The summed E-state index contributed by atoms with van der Waals surface area (Å²) in [5.41, 5.74) is 1.26. The molecule has 0 aliphatic carbocycles. The Labute approximate surface area is 95.1 Å². The summed E-state index contributed by atoms with van der Waals surface area (Å²) in [6, 6.07) is 3.51. The first-order chi connectivity index (χ1) is 7.69. The summed E-state index contributed by atoms with van der Waals surface area (Å²) in [4.78, 5) is 17.4. The van der Waals surface area contributed by atoms with Gasteiger partial charge in [-0.2, -0.15) is 0 Å². The van der Waals surface area contributed by atoms with Gasteiger partial charge in [-0.05, 0) is 19.1 Å². The molecule has 0 fully saturated rings. The number of carbonyl (C=O) groups excluding carboxylic acids is 1. The molecule has 1 amide bonds. The number of anilines is 1. The second-order valence-electron chi connectivity index (χ2n) is 3.40. The molecule has 0 aliphatic heterocycles. The van der Waals surface area contributed by atoms with E-state index in [9.17, 15) is 4.79 Å². The predicted molar refractivity (Wildman–Crippen MR) is 62.6 cm³/mol. The molecule has 1 aromatic rings. The highest BCUT2D eigenvalue weighted by Crippen LogP contribution is 2.12. The number of carbonyl (C=O) groups is 1. The van der Waals surface area contributed by atoms with Gasteiger partial charge in [0, 0.05) is 32.0 Å². The summed E-state index contributed by atoms with van der Waals surface area (Å²) < 4.78 is 0. The van der Waals surface area contributed by atoms with Crippen LogP contribution in [0.1, 0.15) is 17.4 Å². The van der Waals surface area contributed by atoms with Gasteiger partial charge in [0.1, 0.15) is 5.69 Å². The Morgan fingerprint density at radius 2 is 2.38 bits per heavy atom. The van der Waals surface area contributed by atoms with Crippen LogP contribution in [0.15, 0.2) is 18.3 Å². The molecule has 0 spiro atoms. The molecule has 0 bridgehead atoms. The summed E-state index contributed by atoms with van der Waals surface area (Å²) in [6.07, 6.45) is 1.59. The van der Waals surface area contributed by atoms with Crippen molar-refractivity contribution in [3.8, 4) is 0 Å². The third-order valence-corrected chi connectivity index (χ3v) is 2.19. The zero-order valence-electron chi connectivity index (χ0n) is 9.60. The van der Waals surface area contributed by atoms with E-state index in [0.717, 1.165) is 5.69 Å². The van der Waals surface area contributed by atoms with E-state index in [-0.39, 0.29) is 12.5 Å². The van der Waals surface area contributed by atoms with E-state index in [1.165, 1.54) is 0 Å². The number of rotatable bonds is 5. The first-order valence-corrected chi connectivity index (χ1v) is 5.25. The largest absolute Gasteiger partial charge is 0.395 e. The van der Waals surface area contributed by atoms with Crippen molar-refractivity contribution in [3.63, 3.8) is 0 Å². The maximum absolute atomic E-state index is 11.5. The number of aromatic nitrogens is 1. The lowest BCUT2D eigenvalue weighted by atomic mass is 10.3. The molecule has 16 heavy (non-hydrogen) atoms. The highest BCUT2D eigenvalue weighted by molar-refractivity contribution is 5.93. The summed E-state index contributed by atoms with van der Waals surface area (Å²) in [6.45, 7) is 3.05. The first kappa shape index (κ1) is 12.4. The van der Waals surface area contributed by atoms with E-state index in [0.29, 0.717) is 18.8 Å². The number of aliphatic hydroxyl groups excluding tert-OH is 1. The average Bonchev–Trinajstić information content (AvgIpc) is 2.30. The van der Waals surface area contributed by atoms with Crippen LogP contribution >= 0.6 is 0 Å². The molecular weight excluding hydrogens is 206 g/mol. The van der Waals surface area contributed by atoms with Gasteiger partial charge in [-0.25, -0.2) is 0 Å². The van der Waals surface area contributed by atoms with E-state index >= 15 is 0 Å². The lowest BCUT2D eigenvalue weighted by molar-refractivity contribution is 0.0951. The number of likely N-dealkylation sites (N-methyl/N-ethyl adjacent to an activating group) is 1. The molecule has 88 valence electrons.